The van der Waals surface area contributed by atoms with Gasteiger partial charge < -0.3 is 5.32 Å². The predicted molar refractivity (Wildman–Crippen MR) is 128 cm³/mol. The van der Waals surface area contributed by atoms with E-state index in [1.54, 1.807) is 0 Å². The van der Waals surface area contributed by atoms with Gasteiger partial charge in [0.25, 0.3) is 5.91 Å². The van der Waals surface area contributed by atoms with E-state index in [0.29, 0.717) is 19.3 Å². The Morgan fingerprint density at radius 3 is 2.45 bits per heavy atom. The third-order valence-corrected chi connectivity index (χ3v) is 7.30. The maximum Gasteiger partial charge on any atom is 0.260 e. The Morgan fingerprint density at radius 2 is 1.70 bits per heavy atom. The Morgan fingerprint density at radius 1 is 0.970 bits per heavy atom. The molecule has 1 amide bonds. The molecule has 3 aromatic rings. The number of rotatable bonds is 2. The number of fused-ring (bicyclic) bond motifs is 6. The fourth-order valence-electron chi connectivity index (χ4n) is 5.45. The molecule has 2 bridgehead atoms. The molecule has 1 N–H and O–H groups in total. The zero-order valence-corrected chi connectivity index (χ0v) is 19.2. The molecule has 2 aliphatic heterocycles. The first-order valence-corrected chi connectivity index (χ1v) is 12.0. The van der Waals surface area contributed by atoms with Crippen molar-refractivity contribution in [2.75, 3.05) is 25.1 Å². The maximum absolute atomic E-state index is 13.9. The molecule has 1 aliphatic carbocycles. The van der Waals surface area contributed by atoms with E-state index in [1.807, 2.05) is 29.3 Å². The SMILES string of the molecule is CC(C)C1Nc2nc(nc3ccccc23)CN2CCN(C3Cc4ccccc4C3)CN2C1=O. The van der Waals surface area contributed by atoms with Gasteiger partial charge >= 0.3 is 0 Å². The molecule has 1 fully saturated rings. The van der Waals surface area contributed by atoms with Crippen LogP contribution in [0.25, 0.3) is 10.9 Å². The minimum absolute atomic E-state index is 0.110. The first-order chi connectivity index (χ1) is 16.1. The number of carbonyl (C=O) groups excluding carboxylic acids is 1. The van der Waals surface area contributed by atoms with Crippen LogP contribution in [0.3, 0.4) is 0 Å². The van der Waals surface area contributed by atoms with Crippen LogP contribution in [0.1, 0.15) is 30.8 Å². The standard InChI is InChI=1S/C26H30N6O/c1-17(2)24-26(33)32-16-30(20-13-18-7-3-4-8-19(18)14-20)11-12-31(32)15-23-27-22-10-6-5-9-21(22)25(28-23)29-24/h3-10,17,20,24H,11-16H2,1-2H3,(H,27,28,29). The van der Waals surface area contributed by atoms with Crippen molar-refractivity contribution in [2.45, 2.75) is 45.3 Å². The number of carbonyl (C=O) groups is 1. The smallest absolute Gasteiger partial charge is 0.260 e. The summed E-state index contributed by atoms with van der Waals surface area (Å²) < 4.78 is 0. The van der Waals surface area contributed by atoms with Crippen LogP contribution in [-0.2, 0) is 24.2 Å². The van der Waals surface area contributed by atoms with E-state index in [4.69, 9.17) is 9.97 Å². The quantitative estimate of drug-likeness (QED) is 0.658. The van der Waals surface area contributed by atoms with Gasteiger partial charge in [0.2, 0.25) is 0 Å². The van der Waals surface area contributed by atoms with Crippen LogP contribution in [0.15, 0.2) is 48.5 Å². The Labute approximate surface area is 194 Å². The zero-order chi connectivity index (χ0) is 22.5. The highest BCUT2D eigenvalue weighted by Gasteiger charge is 2.39. The highest BCUT2D eigenvalue weighted by atomic mass is 16.2. The molecule has 6 rings (SSSR count). The van der Waals surface area contributed by atoms with Crippen molar-refractivity contribution in [3.05, 3.63) is 65.5 Å². The van der Waals surface area contributed by atoms with E-state index in [9.17, 15) is 4.79 Å². The predicted octanol–water partition coefficient (Wildman–Crippen LogP) is 3.07. The van der Waals surface area contributed by atoms with E-state index in [1.165, 1.54) is 11.1 Å². The van der Waals surface area contributed by atoms with Gasteiger partial charge in [-0.25, -0.2) is 15.0 Å². The molecule has 33 heavy (non-hydrogen) atoms. The number of nitrogens with zero attached hydrogens (tertiary/aromatic N) is 5. The summed E-state index contributed by atoms with van der Waals surface area (Å²) in [7, 11) is 0. The van der Waals surface area contributed by atoms with Crippen molar-refractivity contribution >= 4 is 22.6 Å². The lowest BCUT2D eigenvalue weighted by Gasteiger charge is -2.46. The topological polar surface area (TPSA) is 64.6 Å². The molecule has 1 saturated heterocycles. The van der Waals surface area contributed by atoms with Crippen molar-refractivity contribution in [3.8, 4) is 0 Å². The molecule has 3 aliphatic rings. The van der Waals surface area contributed by atoms with Crippen LogP contribution in [0.4, 0.5) is 5.82 Å². The zero-order valence-electron chi connectivity index (χ0n) is 19.2. The average molecular weight is 443 g/mol. The van der Waals surface area contributed by atoms with Gasteiger partial charge in [0.05, 0.1) is 18.7 Å². The van der Waals surface area contributed by atoms with Crippen LogP contribution in [0, 0.1) is 5.92 Å². The first-order valence-electron chi connectivity index (χ1n) is 12.0. The summed E-state index contributed by atoms with van der Waals surface area (Å²) in [5.41, 5.74) is 3.80. The van der Waals surface area contributed by atoms with Gasteiger partial charge in [0.15, 0.2) is 0 Å². The first kappa shape index (κ1) is 20.6. The molecular weight excluding hydrogens is 412 g/mol. The van der Waals surface area contributed by atoms with Gasteiger partial charge in [-0.1, -0.05) is 50.2 Å². The van der Waals surface area contributed by atoms with E-state index in [2.05, 4.69) is 53.3 Å². The van der Waals surface area contributed by atoms with E-state index in [-0.39, 0.29) is 17.9 Å². The van der Waals surface area contributed by atoms with Crippen LogP contribution < -0.4 is 5.32 Å². The second-order valence-corrected chi connectivity index (χ2v) is 9.78. The van der Waals surface area contributed by atoms with Crippen LogP contribution in [0.2, 0.25) is 0 Å². The van der Waals surface area contributed by atoms with Crippen LogP contribution >= 0.6 is 0 Å². The minimum atomic E-state index is -0.350. The highest BCUT2D eigenvalue weighted by molar-refractivity contribution is 5.92. The third kappa shape index (κ3) is 3.65. The lowest BCUT2D eigenvalue weighted by atomic mass is 10.0. The molecule has 1 atom stereocenters. The Kier molecular flexibility index (Phi) is 5.03. The van der Waals surface area contributed by atoms with Gasteiger partial charge in [-0.2, -0.15) is 0 Å². The summed E-state index contributed by atoms with van der Waals surface area (Å²) >= 11 is 0. The number of benzene rings is 2. The fourth-order valence-corrected chi connectivity index (χ4v) is 5.45. The van der Waals surface area contributed by atoms with Crippen molar-refractivity contribution in [1.29, 1.82) is 0 Å². The molecule has 0 spiro atoms. The minimum Gasteiger partial charge on any atom is -0.358 e. The van der Waals surface area contributed by atoms with Gasteiger partial charge in [-0.3, -0.25) is 14.7 Å². The van der Waals surface area contributed by atoms with Gasteiger partial charge in [-0.15, -0.1) is 0 Å². The lowest BCUT2D eigenvalue weighted by Crippen LogP contribution is -2.63. The van der Waals surface area contributed by atoms with Gasteiger partial charge in [0.1, 0.15) is 17.7 Å². The maximum atomic E-state index is 13.9. The van der Waals surface area contributed by atoms with E-state index >= 15 is 0 Å². The van der Waals surface area contributed by atoms with Crippen molar-refractivity contribution < 1.29 is 4.79 Å². The van der Waals surface area contributed by atoms with Crippen molar-refractivity contribution in [3.63, 3.8) is 0 Å². The summed E-state index contributed by atoms with van der Waals surface area (Å²) in [6.07, 6.45) is 2.11. The third-order valence-electron chi connectivity index (χ3n) is 7.30. The number of para-hydroxylation sites is 1. The Bertz CT molecular complexity index is 1190. The highest BCUT2D eigenvalue weighted by Crippen LogP contribution is 2.30. The molecule has 170 valence electrons. The summed E-state index contributed by atoms with van der Waals surface area (Å²) in [5.74, 6) is 1.74. The number of amides is 1. The average Bonchev–Trinajstić information content (AvgIpc) is 3.27. The van der Waals surface area contributed by atoms with Gasteiger partial charge in [-0.05, 0) is 42.0 Å². The number of anilines is 1. The summed E-state index contributed by atoms with van der Waals surface area (Å²) in [6, 6.07) is 16.9. The molecule has 0 saturated carbocycles. The summed E-state index contributed by atoms with van der Waals surface area (Å²) in [4.78, 5) is 26.0. The molecule has 1 unspecified atom stereocenters. The van der Waals surface area contributed by atoms with Gasteiger partial charge in [0, 0.05) is 24.5 Å². The molecular formula is C26H30N6O. The van der Waals surface area contributed by atoms with E-state index < -0.39 is 0 Å². The monoisotopic (exact) mass is 442 g/mol. The second kappa shape index (κ2) is 8.08. The number of hydrogen-bond acceptors (Lipinski definition) is 6. The molecule has 0 radical (unpaired) electrons. The lowest BCUT2D eigenvalue weighted by molar-refractivity contribution is -0.170. The number of hydrazine groups is 1. The van der Waals surface area contributed by atoms with Crippen LogP contribution in [0.5, 0.6) is 0 Å². The van der Waals surface area contributed by atoms with Crippen molar-refractivity contribution in [1.82, 2.24) is 24.9 Å². The number of hydrogen-bond donors (Lipinski definition) is 1. The van der Waals surface area contributed by atoms with Crippen molar-refractivity contribution in [2.24, 2.45) is 5.92 Å². The number of nitrogens with one attached hydrogen (secondary N) is 1. The van der Waals surface area contributed by atoms with Crippen LogP contribution in [-0.4, -0.2) is 62.6 Å². The molecule has 1 aromatic heterocycles. The Balaban J connectivity index is 1.32. The number of aromatic nitrogens is 2. The molecule has 7 nitrogen and oxygen atoms in total. The van der Waals surface area contributed by atoms with E-state index in [0.717, 1.165) is 48.5 Å². The molecule has 7 heteroatoms. The normalized spacial score (nSPS) is 22.0. The molecule has 3 heterocycles. The second-order valence-electron chi connectivity index (χ2n) is 9.78. The fraction of sp³-hybridized carbons (Fsp3) is 0.423. The largest absolute Gasteiger partial charge is 0.358 e. The molecule has 2 aromatic carbocycles. The summed E-state index contributed by atoms with van der Waals surface area (Å²) in [5, 5.41) is 8.56. The Hall–Kier alpha value is -3.03. The summed E-state index contributed by atoms with van der Waals surface area (Å²) in [6.45, 7) is 7.05.